The van der Waals surface area contributed by atoms with E-state index >= 15 is 0 Å². The lowest BCUT2D eigenvalue weighted by molar-refractivity contribution is -0.149. The molecule has 0 fully saturated rings. The number of cyclic esters (lactones) is 1. The van der Waals surface area contributed by atoms with Crippen LogP contribution in [0.15, 0.2) is 58.0 Å². The molecular weight excluding hydrogens is 368 g/mol. The van der Waals surface area contributed by atoms with Crippen molar-refractivity contribution < 1.29 is 14.6 Å². The molecule has 0 bridgehead atoms. The molecule has 1 aliphatic carbocycles. The van der Waals surface area contributed by atoms with Gasteiger partial charge in [-0.05, 0) is 62.6 Å². The topological polar surface area (TPSA) is 46.5 Å². The van der Waals surface area contributed by atoms with Crippen molar-refractivity contribution in [1.82, 2.24) is 0 Å². The van der Waals surface area contributed by atoms with Crippen molar-refractivity contribution in [3.63, 3.8) is 0 Å². The summed E-state index contributed by atoms with van der Waals surface area (Å²) in [5, 5.41) is 9.75. The van der Waals surface area contributed by atoms with Crippen molar-refractivity contribution in [3.8, 4) is 0 Å². The van der Waals surface area contributed by atoms with E-state index in [1.165, 1.54) is 35.8 Å². The number of hydrogen-bond acceptors (Lipinski definition) is 4. The van der Waals surface area contributed by atoms with Gasteiger partial charge in [0, 0.05) is 22.3 Å². The summed E-state index contributed by atoms with van der Waals surface area (Å²) >= 11 is 1.80. The quantitative estimate of drug-likeness (QED) is 0.368. The van der Waals surface area contributed by atoms with Crippen LogP contribution in [0.1, 0.15) is 58.9 Å². The number of esters is 1. The first-order valence-corrected chi connectivity index (χ1v) is 10.9. The van der Waals surface area contributed by atoms with Gasteiger partial charge in [0.25, 0.3) is 0 Å². The van der Waals surface area contributed by atoms with Crippen LogP contribution in [0.4, 0.5) is 0 Å². The smallest absolute Gasteiger partial charge is 0.333 e. The fourth-order valence-corrected chi connectivity index (χ4v) is 4.87. The number of carbonyl (C=O) groups excluding carboxylic acids is 1. The molecule has 0 saturated carbocycles. The van der Waals surface area contributed by atoms with E-state index in [1.807, 2.05) is 24.3 Å². The van der Waals surface area contributed by atoms with Gasteiger partial charge in [0.05, 0.1) is 0 Å². The number of thioether (sulfide) groups is 1. The second-order valence-corrected chi connectivity index (χ2v) is 9.50. The lowest BCUT2D eigenvalue weighted by atomic mass is 9.71. The molecule has 1 aromatic rings. The van der Waals surface area contributed by atoms with Gasteiger partial charge in [-0.3, -0.25) is 0 Å². The fraction of sp³-hybridized carbons (Fsp3) is 0.458. The summed E-state index contributed by atoms with van der Waals surface area (Å²) in [6.07, 6.45) is 7.48. The average molecular weight is 399 g/mol. The van der Waals surface area contributed by atoms with Gasteiger partial charge in [-0.15, -0.1) is 11.8 Å². The second-order valence-electron chi connectivity index (χ2n) is 8.45. The van der Waals surface area contributed by atoms with Gasteiger partial charge in [-0.25, -0.2) is 4.79 Å². The first kappa shape index (κ1) is 20.9. The molecule has 1 aliphatic heterocycles. The maximum Gasteiger partial charge on any atom is 0.333 e. The van der Waals surface area contributed by atoms with E-state index in [9.17, 15) is 9.90 Å². The van der Waals surface area contributed by atoms with Gasteiger partial charge in [0.2, 0.25) is 6.29 Å². The standard InChI is InChI=1S/C24H30O3S/c1-16(7-12-21-17(2)6-5-13-24(21,3)4)15-28-19-10-8-18(9-11-19)20-14-22(25)27-23(20)26/h7-11,14,23,26H,5-6,12-13,15H2,1-4H3/b16-7+. The van der Waals surface area contributed by atoms with Crippen molar-refractivity contribution in [2.24, 2.45) is 5.41 Å². The molecule has 4 heteroatoms. The molecule has 3 nitrogen and oxygen atoms in total. The number of rotatable bonds is 6. The Morgan fingerprint density at radius 1 is 1.32 bits per heavy atom. The molecule has 0 radical (unpaired) electrons. The van der Waals surface area contributed by atoms with Crippen LogP contribution in [0.5, 0.6) is 0 Å². The van der Waals surface area contributed by atoms with Crippen molar-refractivity contribution in [2.45, 2.75) is 64.6 Å². The van der Waals surface area contributed by atoms with E-state index in [0.717, 1.165) is 17.7 Å². The van der Waals surface area contributed by atoms with Crippen LogP contribution >= 0.6 is 11.8 Å². The Bertz CT molecular complexity index is 828. The molecule has 0 aromatic heterocycles. The number of hydrogen-bond donors (Lipinski definition) is 1. The van der Waals surface area contributed by atoms with Crippen molar-refractivity contribution in [1.29, 1.82) is 0 Å². The molecule has 0 amide bonds. The molecule has 150 valence electrons. The average Bonchev–Trinajstić information content (AvgIpc) is 2.97. The Labute approximate surface area is 172 Å². The van der Waals surface area contributed by atoms with Gasteiger partial charge in [-0.1, -0.05) is 48.8 Å². The monoisotopic (exact) mass is 398 g/mol. The summed E-state index contributed by atoms with van der Waals surface area (Å²) in [6.45, 7) is 9.25. The highest BCUT2D eigenvalue weighted by Crippen LogP contribution is 2.42. The number of ether oxygens (including phenoxy) is 1. The molecule has 0 spiro atoms. The lowest BCUT2D eigenvalue weighted by Crippen LogP contribution is -2.20. The summed E-state index contributed by atoms with van der Waals surface area (Å²) in [7, 11) is 0. The SMILES string of the molecule is CC1=C(C/C=C(\C)CSc2ccc(C3=CC(=O)OC3O)cc2)C(C)(C)CCC1. The van der Waals surface area contributed by atoms with E-state index in [4.69, 9.17) is 4.74 Å². The van der Waals surface area contributed by atoms with E-state index in [-0.39, 0.29) is 0 Å². The second kappa shape index (κ2) is 8.71. The van der Waals surface area contributed by atoms with Gasteiger partial charge in [0.1, 0.15) is 0 Å². The van der Waals surface area contributed by atoms with Crippen LogP contribution < -0.4 is 0 Å². The van der Waals surface area contributed by atoms with E-state index in [0.29, 0.717) is 11.0 Å². The molecule has 1 heterocycles. The molecule has 1 aromatic carbocycles. The Hall–Kier alpha value is -1.78. The predicted octanol–water partition coefficient (Wildman–Crippen LogP) is 5.90. The van der Waals surface area contributed by atoms with Gasteiger partial charge >= 0.3 is 5.97 Å². The highest BCUT2D eigenvalue weighted by Gasteiger charge is 2.27. The molecule has 1 N–H and O–H groups in total. The summed E-state index contributed by atoms with van der Waals surface area (Å²) in [6, 6.07) is 7.91. The molecule has 28 heavy (non-hydrogen) atoms. The van der Waals surface area contributed by atoms with Crippen molar-refractivity contribution >= 4 is 23.3 Å². The minimum Gasteiger partial charge on any atom is -0.428 e. The number of aliphatic hydroxyl groups excluding tert-OH is 1. The Kier molecular flexibility index (Phi) is 6.51. The van der Waals surface area contributed by atoms with Gasteiger partial charge < -0.3 is 9.84 Å². The third-order valence-electron chi connectivity index (χ3n) is 5.76. The van der Waals surface area contributed by atoms with Crippen LogP contribution in [-0.4, -0.2) is 23.1 Å². The molecular formula is C24H30O3S. The maximum absolute atomic E-state index is 11.2. The third kappa shape index (κ3) is 4.98. The van der Waals surface area contributed by atoms with Crippen LogP contribution in [0.2, 0.25) is 0 Å². The Morgan fingerprint density at radius 2 is 2.04 bits per heavy atom. The van der Waals surface area contributed by atoms with Crippen LogP contribution in [-0.2, 0) is 9.53 Å². The summed E-state index contributed by atoms with van der Waals surface area (Å²) in [5.41, 5.74) is 6.26. The summed E-state index contributed by atoms with van der Waals surface area (Å²) in [5.74, 6) is 0.465. The zero-order chi connectivity index (χ0) is 20.3. The van der Waals surface area contributed by atoms with Gasteiger partial charge in [-0.2, -0.15) is 0 Å². The zero-order valence-electron chi connectivity index (χ0n) is 17.2. The van der Waals surface area contributed by atoms with E-state index in [2.05, 4.69) is 33.8 Å². The Morgan fingerprint density at radius 3 is 2.64 bits per heavy atom. The minimum atomic E-state index is -1.15. The zero-order valence-corrected chi connectivity index (χ0v) is 18.1. The van der Waals surface area contributed by atoms with Crippen molar-refractivity contribution in [2.75, 3.05) is 5.75 Å². The number of aliphatic hydroxyl groups is 1. The normalized spacial score (nSPS) is 22.3. The van der Waals surface area contributed by atoms with Crippen molar-refractivity contribution in [3.05, 3.63) is 58.7 Å². The first-order chi connectivity index (χ1) is 13.3. The van der Waals surface area contributed by atoms with E-state index in [1.54, 1.807) is 22.9 Å². The van der Waals surface area contributed by atoms with Crippen LogP contribution in [0.3, 0.4) is 0 Å². The molecule has 2 aliphatic rings. The third-order valence-corrected chi connectivity index (χ3v) is 6.97. The summed E-state index contributed by atoms with van der Waals surface area (Å²) in [4.78, 5) is 12.4. The largest absolute Gasteiger partial charge is 0.428 e. The highest BCUT2D eigenvalue weighted by molar-refractivity contribution is 7.99. The van der Waals surface area contributed by atoms with Gasteiger partial charge in [0.15, 0.2) is 0 Å². The minimum absolute atomic E-state index is 0.326. The highest BCUT2D eigenvalue weighted by atomic mass is 32.2. The molecule has 1 atom stereocenters. The first-order valence-electron chi connectivity index (χ1n) is 9.94. The molecule has 0 saturated heterocycles. The number of benzene rings is 1. The number of allylic oxidation sites excluding steroid dienone is 3. The Balaban J connectivity index is 1.57. The van der Waals surface area contributed by atoms with Crippen LogP contribution in [0.25, 0.3) is 5.57 Å². The molecule has 1 unspecified atom stereocenters. The van der Waals surface area contributed by atoms with Crippen LogP contribution in [0, 0.1) is 5.41 Å². The maximum atomic E-state index is 11.2. The molecule has 3 rings (SSSR count). The predicted molar refractivity (Wildman–Crippen MR) is 116 cm³/mol. The fourth-order valence-electron chi connectivity index (χ4n) is 4.03. The lowest BCUT2D eigenvalue weighted by Gasteiger charge is -2.34. The summed E-state index contributed by atoms with van der Waals surface area (Å²) < 4.78 is 4.74. The number of carbonyl (C=O) groups is 1. The van der Waals surface area contributed by atoms with E-state index < -0.39 is 12.3 Å².